The van der Waals surface area contributed by atoms with E-state index in [-0.39, 0.29) is 56.4 Å². The zero-order chi connectivity index (χ0) is 49.4. The van der Waals surface area contributed by atoms with E-state index < -0.39 is 83.5 Å². The van der Waals surface area contributed by atoms with Gasteiger partial charge >= 0.3 is 0 Å². The number of amides is 7. The van der Waals surface area contributed by atoms with Crippen molar-refractivity contribution in [3.63, 3.8) is 0 Å². The molecule has 0 radical (unpaired) electrons. The Kier molecular flexibility index (Phi) is 19.8. The number of para-hydroxylation sites is 2. The SMILES string of the molecule is CC[C@H](C)[C@H](NC(=O)[C@H](CCCN=C(N)N)NC(=O)[C@H](Cc1c[nH]c2ccccc12)NC(=O)[C@H](CC(C)C)NC(C)=O)C(=O)N[C@@H](CC(C)C)C(=O)N[C@@H](Cc1c[nH]c2ccccc12)C(N)=O. The average molecular weight is 927 g/mol. The highest BCUT2D eigenvalue weighted by atomic mass is 16.2. The highest BCUT2D eigenvalue weighted by Gasteiger charge is 2.35. The Hall–Kier alpha value is -6.92. The normalized spacial score (nSPS) is 14.5. The second-order valence-corrected chi connectivity index (χ2v) is 18.1. The second-order valence-electron chi connectivity index (χ2n) is 18.1. The van der Waals surface area contributed by atoms with Crippen LogP contribution in [0.3, 0.4) is 0 Å². The molecule has 19 heteroatoms. The fraction of sp³-hybridized carbons (Fsp3) is 0.500. The Morgan fingerprint density at radius 2 is 1.03 bits per heavy atom. The zero-order valence-electron chi connectivity index (χ0n) is 39.7. The molecule has 0 bridgehead atoms. The highest BCUT2D eigenvalue weighted by Crippen LogP contribution is 2.21. The summed E-state index contributed by atoms with van der Waals surface area (Å²) in [6, 6.07) is 8.23. The van der Waals surface area contributed by atoms with Gasteiger partial charge in [-0.15, -0.1) is 0 Å². The van der Waals surface area contributed by atoms with Gasteiger partial charge in [0.05, 0.1) is 0 Å². The summed E-state index contributed by atoms with van der Waals surface area (Å²) in [4.78, 5) is 106. The Bertz CT molecular complexity index is 2370. The lowest BCUT2D eigenvalue weighted by Crippen LogP contribution is -2.61. The smallest absolute Gasteiger partial charge is 0.243 e. The molecule has 2 heterocycles. The van der Waals surface area contributed by atoms with Crippen molar-refractivity contribution in [1.82, 2.24) is 41.9 Å². The van der Waals surface area contributed by atoms with E-state index in [1.54, 1.807) is 19.3 Å². The van der Waals surface area contributed by atoms with E-state index in [2.05, 4.69) is 46.9 Å². The van der Waals surface area contributed by atoms with E-state index in [0.717, 1.165) is 32.9 Å². The minimum absolute atomic E-state index is 0.0218. The molecule has 0 spiro atoms. The number of benzene rings is 2. The molecular formula is C48H70N12O7. The first kappa shape index (κ1) is 52.7. The molecule has 4 aromatic rings. The molecule has 0 aliphatic carbocycles. The van der Waals surface area contributed by atoms with E-state index >= 15 is 0 Å². The van der Waals surface area contributed by atoms with Crippen molar-refractivity contribution in [2.45, 2.75) is 130 Å². The predicted octanol–water partition coefficient (Wildman–Crippen LogP) is 2.04. The van der Waals surface area contributed by atoms with Gasteiger partial charge in [-0.1, -0.05) is 84.4 Å². The molecule has 2 aromatic heterocycles. The topological polar surface area (TPSA) is 314 Å². The van der Waals surface area contributed by atoms with Gasteiger partial charge in [-0.25, -0.2) is 0 Å². The molecule has 7 amide bonds. The maximum absolute atomic E-state index is 14.5. The van der Waals surface area contributed by atoms with Gasteiger partial charge < -0.3 is 59.1 Å². The Balaban J connectivity index is 1.60. The maximum atomic E-state index is 14.5. The van der Waals surface area contributed by atoms with E-state index in [9.17, 15) is 33.6 Å². The van der Waals surface area contributed by atoms with Crippen molar-refractivity contribution in [3.8, 4) is 0 Å². The molecule has 0 saturated heterocycles. The standard InChI is InChI=1S/C48H70N12O7/c1-8-28(6)41(47(67)59-39(21-27(4)5)45(65)57-37(42(49)62)22-30-24-53-34-16-11-9-14-32(30)34)60-43(63)36(18-13-19-52-48(50)51)56-46(66)40(23-31-25-54-35-17-12-10-15-33(31)35)58-44(64)38(20-26(2)3)55-29(7)61/h9-12,14-17,24-28,36-41,53-54H,8,13,18-23H2,1-7H3,(H2,49,62)(H,55,61)(H,56,66)(H,57,65)(H,58,64)(H,59,67)(H,60,63)(H4,50,51,52)/t28-,36-,37-,38-,39-,40-,41-/m0/s1. The minimum atomic E-state index is -1.25. The first-order valence-corrected chi connectivity index (χ1v) is 23.0. The van der Waals surface area contributed by atoms with Gasteiger partial charge in [-0.2, -0.15) is 0 Å². The van der Waals surface area contributed by atoms with Gasteiger partial charge in [0.1, 0.15) is 36.3 Å². The number of hydrogen-bond acceptors (Lipinski definition) is 8. The van der Waals surface area contributed by atoms with E-state index in [0.29, 0.717) is 12.8 Å². The van der Waals surface area contributed by atoms with Crippen LogP contribution in [0.5, 0.6) is 0 Å². The van der Waals surface area contributed by atoms with Gasteiger partial charge in [-0.3, -0.25) is 38.6 Å². The summed E-state index contributed by atoms with van der Waals surface area (Å²) in [6.07, 6.45) is 4.85. The van der Waals surface area contributed by atoms with Crippen LogP contribution >= 0.6 is 0 Å². The summed E-state index contributed by atoms with van der Waals surface area (Å²) in [5, 5.41) is 18.4. The third kappa shape index (κ3) is 15.9. The molecule has 2 aromatic carbocycles. The van der Waals surface area contributed by atoms with Crippen molar-refractivity contribution in [2.24, 2.45) is 39.9 Å². The largest absolute Gasteiger partial charge is 0.370 e. The van der Waals surface area contributed by atoms with Crippen molar-refractivity contribution in [2.75, 3.05) is 6.54 Å². The highest BCUT2D eigenvalue weighted by molar-refractivity contribution is 5.98. The quantitative estimate of drug-likeness (QED) is 0.0249. The number of nitrogens with zero attached hydrogens (tertiary/aromatic N) is 1. The molecule has 0 saturated carbocycles. The number of fused-ring (bicyclic) bond motifs is 2. The number of primary amides is 1. The number of aromatic nitrogens is 2. The molecule has 0 unspecified atom stereocenters. The lowest BCUT2D eigenvalue weighted by Gasteiger charge is -2.30. The molecule has 67 heavy (non-hydrogen) atoms. The summed E-state index contributed by atoms with van der Waals surface area (Å²) >= 11 is 0. The van der Waals surface area contributed by atoms with E-state index in [1.165, 1.54) is 6.92 Å². The molecule has 4 rings (SSSR count). The lowest BCUT2D eigenvalue weighted by molar-refractivity contribution is -0.136. The van der Waals surface area contributed by atoms with Crippen LogP contribution in [-0.4, -0.2) is 100 Å². The van der Waals surface area contributed by atoms with Crippen LogP contribution in [0.15, 0.2) is 65.9 Å². The fourth-order valence-corrected chi connectivity index (χ4v) is 7.93. The number of nitrogens with one attached hydrogen (secondary N) is 8. The van der Waals surface area contributed by atoms with Crippen LogP contribution in [0.1, 0.15) is 91.7 Å². The van der Waals surface area contributed by atoms with Gasteiger partial charge in [-0.05, 0) is 66.7 Å². The third-order valence-corrected chi connectivity index (χ3v) is 11.6. The number of nitrogens with two attached hydrogens (primary N) is 3. The summed E-state index contributed by atoms with van der Waals surface area (Å²) in [6.45, 7) is 12.6. The number of aliphatic imine (C=N–C) groups is 1. The minimum Gasteiger partial charge on any atom is -0.370 e. The Labute approximate surface area is 391 Å². The molecule has 0 fully saturated rings. The zero-order valence-corrected chi connectivity index (χ0v) is 39.7. The summed E-state index contributed by atoms with van der Waals surface area (Å²) in [5.41, 5.74) is 20.1. The summed E-state index contributed by atoms with van der Waals surface area (Å²) in [7, 11) is 0. The molecule has 14 N–H and O–H groups in total. The first-order valence-electron chi connectivity index (χ1n) is 23.0. The van der Waals surface area contributed by atoms with Crippen LogP contribution in [0, 0.1) is 17.8 Å². The van der Waals surface area contributed by atoms with Crippen molar-refractivity contribution in [3.05, 3.63) is 72.1 Å². The van der Waals surface area contributed by atoms with Crippen molar-refractivity contribution in [1.29, 1.82) is 0 Å². The average Bonchev–Trinajstić information content (AvgIpc) is 3.88. The van der Waals surface area contributed by atoms with Gasteiger partial charge in [0.25, 0.3) is 0 Å². The molecular weight excluding hydrogens is 857 g/mol. The van der Waals surface area contributed by atoms with Crippen LogP contribution < -0.4 is 49.1 Å². The third-order valence-electron chi connectivity index (χ3n) is 11.6. The number of rotatable bonds is 26. The number of H-pyrrole nitrogens is 2. The van der Waals surface area contributed by atoms with Gasteiger partial charge in [0.2, 0.25) is 41.4 Å². The van der Waals surface area contributed by atoms with E-state index in [1.807, 2.05) is 83.1 Å². The number of guanidine groups is 1. The Morgan fingerprint density at radius 3 is 1.52 bits per heavy atom. The van der Waals surface area contributed by atoms with Crippen molar-refractivity contribution >= 4 is 69.1 Å². The Morgan fingerprint density at radius 1 is 0.582 bits per heavy atom. The number of hydrogen-bond donors (Lipinski definition) is 11. The summed E-state index contributed by atoms with van der Waals surface area (Å²) in [5.74, 6) is -5.08. The molecule has 0 aliphatic rings. The monoisotopic (exact) mass is 927 g/mol. The van der Waals surface area contributed by atoms with Crippen LogP contribution in [-0.2, 0) is 46.4 Å². The van der Waals surface area contributed by atoms with E-state index in [4.69, 9.17) is 17.2 Å². The molecule has 364 valence electrons. The van der Waals surface area contributed by atoms with Crippen LogP contribution in [0.2, 0.25) is 0 Å². The van der Waals surface area contributed by atoms with Crippen LogP contribution in [0.25, 0.3) is 21.8 Å². The fourth-order valence-electron chi connectivity index (χ4n) is 7.93. The lowest BCUT2D eigenvalue weighted by atomic mass is 9.95. The molecule has 7 atom stereocenters. The second kappa shape index (κ2) is 25.1. The molecule has 0 aliphatic heterocycles. The number of carbonyl (C=O) groups is 7. The first-order chi connectivity index (χ1) is 31.8. The van der Waals surface area contributed by atoms with Crippen molar-refractivity contribution < 1.29 is 33.6 Å². The number of carbonyl (C=O) groups excluding carboxylic acids is 7. The number of aromatic amines is 2. The van der Waals surface area contributed by atoms with Crippen LogP contribution in [0.4, 0.5) is 0 Å². The molecule has 19 nitrogen and oxygen atoms in total. The summed E-state index contributed by atoms with van der Waals surface area (Å²) < 4.78 is 0. The van der Waals surface area contributed by atoms with Gasteiger partial charge in [0.15, 0.2) is 5.96 Å². The predicted molar refractivity (Wildman–Crippen MR) is 259 cm³/mol. The van der Waals surface area contributed by atoms with Gasteiger partial charge in [0, 0.05) is 60.5 Å². The maximum Gasteiger partial charge on any atom is 0.243 e.